The number of fused-ring (bicyclic) bond motifs is 3. The van der Waals surface area contributed by atoms with Gasteiger partial charge >= 0.3 is 0 Å². The highest BCUT2D eigenvalue weighted by molar-refractivity contribution is 7.21. The Labute approximate surface area is 155 Å². The summed E-state index contributed by atoms with van der Waals surface area (Å²) in [6.07, 6.45) is 0. The number of rotatable bonds is 3. The van der Waals surface area contributed by atoms with Gasteiger partial charge in [0, 0.05) is 23.7 Å². The molecule has 3 aromatic carbocycles. The van der Waals surface area contributed by atoms with E-state index in [1.807, 2.05) is 55.6 Å². The van der Waals surface area contributed by atoms with Crippen LogP contribution < -0.4 is 0 Å². The molecule has 2 nitrogen and oxygen atoms in total. The van der Waals surface area contributed by atoms with E-state index in [2.05, 4.69) is 18.2 Å². The third kappa shape index (κ3) is 2.90. The summed E-state index contributed by atoms with van der Waals surface area (Å²) >= 11 is 8.10. The average molecular weight is 366 g/mol. The van der Waals surface area contributed by atoms with Crippen LogP contribution in [0.2, 0.25) is 5.02 Å². The highest BCUT2D eigenvalue weighted by atomic mass is 35.5. The Morgan fingerprint density at radius 3 is 2.52 bits per heavy atom. The maximum Gasteiger partial charge on any atom is 0.265 e. The van der Waals surface area contributed by atoms with Crippen LogP contribution in [-0.2, 0) is 6.54 Å². The van der Waals surface area contributed by atoms with Crippen molar-refractivity contribution in [3.8, 4) is 0 Å². The van der Waals surface area contributed by atoms with Crippen LogP contribution in [0.4, 0.5) is 0 Å². The van der Waals surface area contributed by atoms with Crippen molar-refractivity contribution in [2.75, 3.05) is 7.05 Å². The van der Waals surface area contributed by atoms with Crippen molar-refractivity contribution in [3.63, 3.8) is 0 Å². The number of thiophene rings is 1. The Hall–Kier alpha value is -2.36. The van der Waals surface area contributed by atoms with Gasteiger partial charge in [0.2, 0.25) is 0 Å². The molecule has 25 heavy (non-hydrogen) atoms. The number of halogens is 1. The molecule has 1 heterocycles. The van der Waals surface area contributed by atoms with Crippen molar-refractivity contribution in [1.82, 2.24) is 4.90 Å². The fourth-order valence-corrected chi connectivity index (χ4v) is 4.63. The van der Waals surface area contributed by atoms with E-state index in [9.17, 15) is 4.79 Å². The molecule has 0 aliphatic carbocycles. The van der Waals surface area contributed by atoms with Crippen molar-refractivity contribution >= 4 is 49.7 Å². The lowest BCUT2D eigenvalue weighted by molar-refractivity contribution is 0.0790. The fraction of sp³-hybridized carbons (Fsp3) is 0.0952. The fourth-order valence-electron chi connectivity index (χ4n) is 3.07. The van der Waals surface area contributed by atoms with Crippen molar-refractivity contribution < 1.29 is 4.79 Å². The number of amides is 1. The second-order valence-electron chi connectivity index (χ2n) is 6.05. The maximum atomic E-state index is 12.9. The van der Waals surface area contributed by atoms with Gasteiger partial charge in [-0.25, -0.2) is 0 Å². The molecular formula is C21H16ClNOS. The Morgan fingerprint density at radius 2 is 1.72 bits per heavy atom. The van der Waals surface area contributed by atoms with Gasteiger partial charge in [-0.1, -0.05) is 72.3 Å². The third-order valence-corrected chi connectivity index (χ3v) is 5.96. The minimum absolute atomic E-state index is 0.0425. The molecule has 0 aliphatic rings. The third-order valence-electron chi connectivity index (χ3n) is 4.33. The predicted molar refractivity (Wildman–Crippen MR) is 107 cm³/mol. The zero-order chi connectivity index (χ0) is 17.4. The molecule has 0 aliphatic heterocycles. The number of hydrogen-bond acceptors (Lipinski definition) is 2. The average Bonchev–Trinajstić information content (AvgIpc) is 2.99. The Balaban J connectivity index is 1.75. The summed E-state index contributed by atoms with van der Waals surface area (Å²) in [7, 11) is 1.81. The first-order valence-corrected chi connectivity index (χ1v) is 9.24. The Morgan fingerprint density at radius 1 is 1.00 bits per heavy atom. The number of nitrogens with zero attached hydrogens (tertiary/aromatic N) is 1. The molecule has 0 spiro atoms. The SMILES string of the molecule is CN(Cc1ccccc1)C(=O)c1sc2ccc3ccccc3c2c1Cl. The van der Waals surface area contributed by atoms with Crippen molar-refractivity contribution in [2.24, 2.45) is 0 Å². The molecule has 4 rings (SSSR count). The Kier molecular flexibility index (Phi) is 4.20. The van der Waals surface area contributed by atoms with E-state index in [0.29, 0.717) is 16.4 Å². The number of benzene rings is 3. The van der Waals surface area contributed by atoms with E-state index < -0.39 is 0 Å². The van der Waals surface area contributed by atoms with Crippen LogP contribution >= 0.6 is 22.9 Å². The van der Waals surface area contributed by atoms with Gasteiger partial charge in [0.15, 0.2) is 0 Å². The van der Waals surface area contributed by atoms with Crippen LogP contribution in [0.25, 0.3) is 20.9 Å². The van der Waals surface area contributed by atoms with Crippen molar-refractivity contribution in [2.45, 2.75) is 6.54 Å². The Bertz CT molecular complexity index is 1070. The molecule has 0 N–H and O–H groups in total. The van der Waals surface area contributed by atoms with Gasteiger partial charge in [-0.3, -0.25) is 4.79 Å². The summed E-state index contributed by atoms with van der Waals surface area (Å²) in [5.74, 6) is -0.0425. The van der Waals surface area contributed by atoms with Gasteiger partial charge in [-0.15, -0.1) is 11.3 Å². The molecule has 0 radical (unpaired) electrons. The highest BCUT2D eigenvalue weighted by Crippen LogP contribution is 2.40. The molecule has 1 amide bonds. The summed E-state index contributed by atoms with van der Waals surface area (Å²) in [6, 6.07) is 22.2. The molecule has 0 unspecified atom stereocenters. The van der Waals surface area contributed by atoms with Crippen LogP contribution in [-0.4, -0.2) is 17.9 Å². The predicted octanol–water partition coefficient (Wildman–Crippen LogP) is 5.98. The molecule has 0 bridgehead atoms. The van der Waals surface area contributed by atoms with Crippen LogP contribution in [0.1, 0.15) is 15.2 Å². The molecule has 0 saturated heterocycles. The molecular weight excluding hydrogens is 350 g/mol. The monoisotopic (exact) mass is 365 g/mol. The second-order valence-corrected chi connectivity index (χ2v) is 7.48. The summed E-state index contributed by atoms with van der Waals surface area (Å²) in [5, 5.41) is 3.75. The van der Waals surface area contributed by atoms with Gasteiger partial charge in [0.25, 0.3) is 5.91 Å². The molecule has 1 aromatic heterocycles. The van der Waals surface area contributed by atoms with Gasteiger partial charge < -0.3 is 4.90 Å². The number of hydrogen-bond donors (Lipinski definition) is 0. The molecule has 0 saturated carbocycles. The first kappa shape index (κ1) is 16.1. The van der Waals surface area contributed by atoms with E-state index in [-0.39, 0.29) is 5.91 Å². The molecule has 124 valence electrons. The first-order chi connectivity index (χ1) is 12.1. The number of carbonyl (C=O) groups excluding carboxylic acids is 1. The van der Waals surface area contributed by atoms with Crippen LogP contribution in [0.3, 0.4) is 0 Å². The van der Waals surface area contributed by atoms with E-state index in [1.54, 1.807) is 4.90 Å². The second kappa shape index (κ2) is 6.51. The van der Waals surface area contributed by atoms with E-state index in [0.717, 1.165) is 26.4 Å². The topological polar surface area (TPSA) is 20.3 Å². The first-order valence-electron chi connectivity index (χ1n) is 8.04. The van der Waals surface area contributed by atoms with Crippen LogP contribution in [0.15, 0.2) is 66.7 Å². The molecule has 0 atom stereocenters. The molecule has 0 fully saturated rings. The molecule has 4 aromatic rings. The lowest BCUT2D eigenvalue weighted by Gasteiger charge is -2.16. The maximum absolute atomic E-state index is 12.9. The summed E-state index contributed by atoms with van der Waals surface area (Å²) in [5.41, 5.74) is 1.10. The van der Waals surface area contributed by atoms with Gasteiger partial charge in [0.05, 0.1) is 5.02 Å². The lowest BCUT2D eigenvalue weighted by Crippen LogP contribution is -2.25. The summed E-state index contributed by atoms with van der Waals surface area (Å²) < 4.78 is 1.04. The van der Waals surface area contributed by atoms with Crippen molar-refractivity contribution in [1.29, 1.82) is 0 Å². The zero-order valence-electron chi connectivity index (χ0n) is 13.7. The minimum Gasteiger partial charge on any atom is -0.337 e. The standard InChI is InChI=1S/C21H16ClNOS/c1-23(13-14-7-3-2-4-8-14)21(24)20-19(22)18-16-10-6-5-9-15(16)11-12-17(18)25-20/h2-12H,13H2,1H3. The minimum atomic E-state index is -0.0425. The van der Waals surface area contributed by atoms with E-state index in [4.69, 9.17) is 11.6 Å². The normalized spacial score (nSPS) is 11.1. The number of carbonyl (C=O) groups is 1. The van der Waals surface area contributed by atoms with E-state index in [1.165, 1.54) is 11.3 Å². The smallest absolute Gasteiger partial charge is 0.265 e. The van der Waals surface area contributed by atoms with Gasteiger partial charge in [0.1, 0.15) is 4.88 Å². The quantitative estimate of drug-likeness (QED) is 0.437. The summed E-state index contributed by atoms with van der Waals surface area (Å²) in [6.45, 7) is 0.561. The van der Waals surface area contributed by atoms with Crippen LogP contribution in [0.5, 0.6) is 0 Å². The van der Waals surface area contributed by atoms with Gasteiger partial charge in [-0.2, -0.15) is 0 Å². The van der Waals surface area contributed by atoms with Crippen LogP contribution in [0, 0.1) is 0 Å². The lowest BCUT2D eigenvalue weighted by atomic mass is 10.1. The molecule has 4 heteroatoms. The highest BCUT2D eigenvalue weighted by Gasteiger charge is 2.21. The van der Waals surface area contributed by atoms with Crippen molar-refractivity contribution in [3.05, 3.63) is 82.2 Å². The summed E-state index contributed by atoms with van der Waals surface area (Å²) in [4.78, 5) is 15.2. The van der Waals surface area contributed by atoms with E-state index >= 15 is 0 Å². The van der Waals surface area contributed by atoms with Gasteiger partial charge in [-0.05, 0) is 22.4 Å². The largest absolute Gasteiger partial charge is 0.337 e. The zero-order valence-corrected chi connectivity index (χ0v) is 15.3.